The van der Waals surface area contributed by atoms with Gasteiger partial charge in [-0.25, -0.2) is 8.42 Å². The molecule has 0 aliphatic carbocycles. The van der Waals surface area contributed by atoms with Crippen LogP contribution in [0.4, 0.5) is 0 Å². The SMILES string of the molecule is CCCOc1ccc(CN(CCC)C(=O)C(C)S(C)(=O)=O)cc1OCC. The number of ether oxygens (including phenoxy) is 2. The standard InChI is InChI=1S/C19H31NO5S/c1-6-11-20(19(21)15(4)26(5,22)23)14-16-9-10-17(25-12-7-2)18(13-16)24-8-3/h9-10,13,15H,6-8,11-12,14H2,1-5H3. The van der Waals surface area contributed by atoms with E-state index in [-0.39, 0.29) is 5.91 Å². The number of carbonyl (C=O) groups is 1. The zero-order valence-corrected chi connectivity index (χ0v) is 17.3. The van der Waals surface area contributed by atoms with Crippen LogP contribution in [0.25, 0.3) is 0 Å². The molecule has 0 saturated carbocycles. The molecular weight excluding hydrogens is 354 g/mol. The smallest absolute Gasteiger partial charge is 0.240 e. The fourth-order valence-corrected chi connectivity index (χ4v) is 2.96. The molecule has 0 radical (unpaired) electrons. The van der Waals surface area contributed by atoms with E-state index in [1.807, 2.05) is 39.0 Å². The van der Waals surface area contributed by atoms with Crippen LogP contribution in [0.5, 0.6) is 11.5 Å². The van der Waals surface area contributed by atoms with E-state index in [0.717, 1.165) is 24.7 Å². The molecule has 7 heteroatoms. The maximum Gasteiger partial charge on any atom is 0.240 e. The van der Waals surface area contributed by atoms with Crippen LogP contribution in [0.2, 0.25) is 0 Å². The van der Waals surface area contributed by atoms with Gasteiger partial charge in [0.25, 0.3) is 0 Å². The summed E-state index contributed by atoms with van der Waals surface area (Å²) in [5, 5.41) is -1.05. The summed E-state index contributed by atoms with van der Waals surface area (Å²) in [6.45, 7) is 9.27. The molecule has 0 N–H and O–H groups in total. The van der Waals surface area contributed by atoms with Crippen molar-refractivity contribution in [2.45, 2.75) is 52.3 Å². The molecule has 1 atom stereocenters. The zero-order valence-electron chi connectivity index (χ0n) is 16.4. The number of carbonyl (C=O) groups excluding carboxylic acids is 1. The predicted octanol–water partition coefficient (Wildman–Crippen LogP) is 3.05. The van der Waals surface area contributed by atoms with E-state index in [4.69, 9.17) is 9.47 Å². The molecule has 1 unspecified atom stereocenters. The first-order chi connectivity index (χ1) is 12.2. The molecule has 6 nitrogen and oxygen atoms in total. The maximum atomic E-state index is 12.6. The molecule has 0 spiro atoms. The van der Waals surface area contributed by atoms with Crippen LogP contribution in [0.15, 0.2) is 18.2 Å². The summed E-state index contributed by atoms with van der Waals surface area (Å²) >= 11 is 0. The third-order valence-corrected chi connectivity index (χ3v) is 5.42. The molecule has 0 saturated heterocycles. The van der Waals surface area contributed by atoms with Gasteiger partial charge in [-0.2, -0.15) is 0 Å². The molecule has 0 aliphatic rings. The van der Waals surface area contributed by atoms with E-state index < -0.39 is 15.1 Å². The molecular formula is C19H31NO5S. The van der Waals surface area contributed by atoms with Gasteiger partial charge in [0.15, 0.2) is 21.3 Å². The molecule has 0 heterocycles. The Labute approximate surface area is 157 Å². The third-order valence-electron chi connectivity index (χ3n) is 3.94. The van der Waals surface area contributed by atoms with Gasteiger partial charge in [0.2, 0.25) is 5.91 Å². The van der Waals surface area contributed by atoms with Gasteiger partial charge < -0.3 is 14.4 Å². The zero-order chi connectivity index (χ0) is 19.7. The highest BCUT2D eigenvalue weighted by atomic mass is 32.2. The number of sulfone groups is 1. The Kier molecular flexibility index (Phi) is 8.92. The van der Waals surface area contributed by atoms with Crippen molar-refractivity contribution in [3.05, 3.63) is 23.8 Å². The first kappa shape index (κ1) is 22.3. The van der Waals surface area contributed by atoms with Crippen molar-refractivity contribution in [2.75, 3.05) is 26.0 Å². The van der Waals surface area contributed by atoms with E-state index in [1.54, 1.807) is 4.90 Å². The highest BCUT2D eigenvalue weighted by molar-refractivity contribution is 7.92. The summed E-state index contributed by atoms with van der Waals surface area (Å²) in [7, 11) is -3.43. The van der Waals surface area contributed by atoms with Gasteiger partial charge in [0, 0.05) is 19.3 Å². The normalized spacial score (nSPS) is 12.5. The van der Waals surface area contributed by atoms with Gasteiger partial charge in [-0.05, 0) is 44.4 Å². The minimum atomic E-state index is -3.43. The fraction of sp³-hybridized carbons (Fsp3) is 0.632. The predicted molar refractivity (Wildman–Crippen MR) is 103 cm³/mol. The maximum absolute atomic E-state index is 12.6. The van der Waals surface area contributed by atoms with E-state index in [2.05, 4.69) is 0 Å². The average molecular weight is 386 g/mol. The summed E-state index contributed by atoms with van der Waals surface area (Å²) in [5.74, 6) is 0.937. The third kappa shape index (κ3) is 6.52. The lowest BCUT2D eigenvalue weighted by atomic mass is 10.1. The first-order valence-corrected chi connectivity index (χ1v) is 11.1. The van der Waals surface area contributed by atoms with Crippen LogP contribution in [-0.2, 0) is 21.2 Å². The molecule has 0 bridgehead atoms. The van der Waals surface area contributed by atoms with Crippen LogP contribution in [0.3, 0.4) is 0 Å². The van der Waals surface area contributed by atoms with Crippen LogP contribution in [0.1, 0.15) is 46.1 Å². The molecule has 0 aliphatic heterocycles. The van der Waals surface area contributed by atoms with Crippen LogP contribution >= 0.6 is 0 Å². The molecule has 1 aromatic carbocycles. The van der Waals surface area contributed by atoms with Crippen LogP contribution in [0, 0.1) is 0 Å². The molecule has 148 valence electrons. The molecule has 26 heavy (non-hydrogen) atoms. The Morgan fingerprint density at radius 2 is 1.81 bits per heavy atom. The molecule has 0 aromatic heterocycles. The summed E-state index contributed by atoms with van der Waals surface area (Å²) in [4.78, 5) is 14.2. The Hall–Kier alpha value is -1.76. The number of rotatable bonds is 11. The number of hydrogen-bond donors (Lipinski definition) is 0. The van der Waals surface area contributed by atoms with Crippen molar-refractivity contribution in [3.63, 3.8) is 0 Å². The topological polar surface area (TPSA) is 72.9 Å². The minimum Gasteiger partial charge on any atom is -0.490 e. The molecule has 1 amide bonds. The van der Waals surface area contributed by atoms with Crippen molar-refractivity contribution in [1.82, 2.24) is 4.90 Å². The van der Waals surface area contributed by atoms with E-state index >= 15 is 0 Å². The average Bonchev–Trinajstić information content (AvgIpc) is 2.59. The Balaban J connectivity index is 3.04. The van der Waals surface area contributed by atoms with Gasteiger partial charge in [-0.15, -0.1) is 0 Å². The van der Waals surface area contributed by atoms with Crippen molar-refractivity contribution in [2.24, 2.45) is 0 Å². The van der Waals surface area contributed by atoms with E-state index in [0.29, 0.717) is 37.8 Å². The summed E-state index contributed by atoms with van der Waals surface area (Å²) < 4.78 is 34.8. The van der Waals surface area contributed by atoms with E-state index in [9.17, 15) is 13.2 Å². The van der Waals surface area contributed by atoms with E-state index in [1.165, 1.54) is 6.92 Å². The largest absolute Gasteiger partial charge is 0.490 e. The summed E-state index contributed by atoms with van der Waals surface area (Å²) in [5.41, 5.74) is 0.875. The lowest BCUT2D eigenvalue weighted by Gasteiger charge is -2.25. The summed E-state index contributed by atoms with van der Waals surface area (Å²) in [6.07, 6.45) is 2.74. The molecule has 1 aromatic rings. The number of nitrogens with zero attached hydrogens (tertiary/aromatic N) is 1. The first-order valence-electron chi connectivity index (χ1n) is 9.10. The van der Waals surface area contributed by atoms with Crippen molar-refractivity contribution in [1.29, 1.82) is 0 Å². The van der Waals surface area contributed by atoms with Crippen molar-refractivity contribution in [3.8, 4) is 11.5 Å². The second-order valence-electron chi connectivity index (χ2n) is 6.29. The van der Waals surface area contributed by atoms with Crippen molar-refractivity contribution < 1.29 is 22.7 Å². The Bertz CT molecular complexity index is 687. The second kappa shape index (κ2) is 10.4. The van der Waals surface area contributed by atoms with Gasteiger partial charge in [-0.1, -0.05) is 19.9 Å². The monoisotopic (exact) mass is 385 g/mol. The Morgan fingerprint density at radius 1 is 1.12 bits per heavy atom. The minimum absolute atomic E-state index is 0.334. The van der Waals surface area contributed by atoms with Crippen LogP contribution in [-0.4, -0.2) is 50.5 Å². The summed E-state index contributed by atoms with van der Waals surface area (Å²) in [6, 6.07) is 5.58. The van der Waals surface area contributed by atoms with Gasteiger partial charge in [0.1, 0.15) is 5.25 Å². The van der Waals surface area contributed by atoms with Crippen LogP contribution < -0.4 is 9.47 Å². The second-order valence-corrected chi connectivity index (χ2v) is 8.66. The van der Waals surface area contributed by atoms with Gasteiger partial charge in [0.05, 0.1) is 13.2 Å². The van der Waals surface area contributed by atoms with Crippen molar-refractivity contribution >= 4 is 15.7 Å². The molecule has 0 fully saturated rings. The number of hydrogen-bond acceptors (Lipinski definition) is 5. The quantitative estimate of drug-likeness (QED) is 0.585. The highest BCUT2D eigenvalue weighted by Crippen LogP contribution is 2.29. The molecule has 1 rings (SSSR count). The highest BCUT2D eigenvalue weighted by Gasteiger charge is 2.28. The number of benzene rings is 1. The number of amides is 1. The van der Waals surface area contributed by atoms with Gasteiger partial charge >= 0.3 is 0 Å². The lowest BCUT2D eigenvalue weighted by molar-refractivity contribution is -0.131. The fourth-order valence-electron chi connectivity index (χ4n) is 2.45. The Morgan fingerprint density at radius 3 is 2.35 bits per heavy atom. The lowest BCUT2D eigenvalue weighted by Crippen LogP contribution is -2.41. The van der Waals surface area contributed by atoms with Gasteiger partial charge in [-0.3, -0.25) is 4.79 Å².